The number of amides is 2. The summed E-state index contributed by atoms with van der Waals surface area (Å²) in [7, 11) is -0.147. The van der Waals surface area contributed by atoms with Gasteiger partial charge in [-0.05, 0) is 79.7 Å². The van der Waals surface area contributed by atoms with Crippen LogP contribution >= 0.6 is 0 Å². The number of ether oxygens (including phenoxy) is 3. The monoisotopic (exact) mass is 592 g/mol. The molecule has 1 saturated heterocycles. The predicted octanol–water partition coefficient (Wildman–Crippen LogP) is 5.66. The number of fused-ring (bicyclic) bond motifs is 2. The number of anilines is 2. The van der Waals surface area contributed by atoms with Crippen LogP contribution in [0.2, 0.25) is 18.6 Å². The first-order valence-electron chi connectivity index (χ1n) is 14.1. The summed E-state index contributed by atoms with van der Waals surface area (Å²) in [4.78, 5) is 28.7. The van der Waals surface area contributed by atoms with Crippen LogP contribution in [-0.4, -0.2) is 52.3 Å². The van der Waals surface area contributed by atoms with Crippen LogP contribution in [0.4, 0.5) is 15.5 Å². The normalized spacial score (nSPS) is 23.3. The molecule has 8 nitrogen and oxygen atoms in total. The second-order valence-electron chi connectivity index (χ2n) is 11.4. The van der Waals surface area contributed by atoms with Crippen molar-refractivity contribution in [1.82, 2.24) is 0 Å². The molecule has 2 aliphatic rings. The molecule has 4 atom stereocenters. The highest BCUT2D eigenvalue weighted by Crippen LogP contribution is 2.60. The number of nitrogens with one attached hydrogen (secondary N) is 1. The fraction of sp³-hybridized carbons (Fsp3) is 0.375. The van der Waals surface area contributed by atoms with Crippen molar-refractivity contribution in [2.45, 2.75) is 50.2 Å². The molecule has 10 heteroatoms. The second-order valence-corrected chi connectivity index (χ2v) is 15.2. The van der Waals surface area contributed by atoms with Crippen molar-refractivity contribution in [2.24, 2.45) is 5.92 Å². The number of rotatable bonds is 9. The number of aliphatic hydroxyl groups excluding tert-OH is 1. The first-order valence-corrected chi connectivity index (χ1v) is 17.0. The van der Waals surface area contributed by atoms with Crippen LogP contribution in [0.1, 0.15) is 34.8 Å². The number of carbonyl (C=O) groups excluding carboxylic acids is 2. The zero-order valence-electron chi connectivity index (χ0n) is 24.5. The van der Waals surface area contributed by atoms with E-state index in [4.69, 9.17) is 14.2 Å². The highest BCUT2D eigenvalue weighted by atomic mass is 28.4. The molecule has 2 amide bonds. The van der Waals surface area contributed by atoms with E-state index in [2.05, 4.69) is 5.32 Å². The van der Waals surface area contributed by atoms with E-state index in [0.717, 1.165) is 5.56 Å². The van der Waals surface area contributed by atoms with Gasteiger partial charge in [0, 0.05) is 34.9 Å². The van der Waals surface area contributed by atoms with Gasteiger partial charge in [-0.15, -0.1) is 0 Å². The molecule has 0 unspecified atom stereocenters. The summed E-state index contributed by atoms with van der Waals surface area (Å²) in [5, 5.41) is 12.6. The first-order chi connectivity index (χ1) is 20.0. The van der Waals surface area contributed by atoms with Crippen molar-refractivity contribution in [3.8, 4) is 11.5 Å². The quantitative estimate of drug-likeness (QED) is 0.246. The van der Waals surface area contributed by atoms with Crippen LogP contribution in [0, 0.1) is 5.92 Å². The molecular formula is C32H37FN2O6Si. The molecule has 0 radical (unpaired) electrons. The number of hydrogen-bond acceptors (Lipinski definition) is 6. The number of nitrogens with zero attached hydrogens (tertiary/aromatic N) is 1. The van der Waals surface area contributed by atoms with Gasteiger partial charge in [0.1, 0.15) is 11.5 Å². The summed E-state index contributed by atoms with van der Waals surface area (Å²) >= 11 is 0. The van der Waals surface area contributed by atoms with Crippen LogP contribution in [0.3, 0.4) is 0 Å². The Morgan fingerprint density at radius 1 is 1.05 bits per heavy atom. The maximum Gasteiger partial charge on any atom is 0.264 e. The molecule has 3 aromatic rings. The predicted molar refractivity (Wildman–Crippen MR) is 161 cm³/mol. The Kier molecular flexibility index (Phi) is 8.15. The molecule has 0 aromatic heterocycles. The van der Waals surface area contributed by atoms with Crippen molar-refractivity contribution < 1.29 is 33.0 Å². The lowest BCUT2D eigenvalue weighted by Crippen LogP contribution is -2.45. The van der Waals surface area contributed by atoms with Gasteiger partial charge in [-0.1, -0.05) is 19.1 Å². The Hall–Kier alpha value is -3.73. The van der Waals surface area contributed by atoms with E-state index >= 15 is 4.11 Å². The van der Waals surface area contributed by atoms with Crippen molar-refractivity contribution in [3.05, 3.63) is 83.4 Å². The number of methoxy groups -OCH3 is 2. The third-order valence-corrected chi connectivity index (χ3v) is 10.9. The molecule has 1 fully saturated rings. The summed E-state index contributed by atoms with van der Waals surface area (Å²) in [6.45, 7) is 5.27. The average molecular weight is 593 g/mol. The molecule has 5 rings (SSSR count). The molecular weight excluding hydrogens is 555 g/mol. The smallest absolute Gasteiger partial charge is 0.264 e. The number of aliphatic hydroxyl groups is 1. The Morgan fingerprint density at radius 3 is 2.29 bits per heavy atom. The molecule has 0 bridgehead atoms. The first kappa shape index (κ1) is 29.7. The maximum absolute atomic E-state index is 15.7. The van der Waals surface area contributed by atoms with Gasteiger partial charge in [0.2, 0.25) is 8.41 Å². The maximum atomic E-state index is 15.7. The lowest BCUT2D eigenvalue weighted by atomic mass is 9.82. The topological polar surface area (TPSA) is 97.3 Å². The molecule has 2 aliphatic heterocycles. The van der Waals surface area contributed by atoms with Crippen molar-refractivity contribution >= 4 is 31.6 Å². The van der Waals surface area contributed by atoms with Crippen LogP contribution < -0.4 is 19.7 Å². The van der Waals surface area contributed by atoms with E-state index in [-0.39, 0.29) is 31.4 Å². The summed E-state index contributed by atoms with van der Waals surface area (Å²) in [6.07, 6.45) is -0.318. The van der Waals surface area contributed by atoms with Gasteiger partial charge in [0.15, 0.2) is 5.60 Å². The van der Waals surface area contributed by atoms with Gasteiger partial charge in [-0.3, -0.25) is 9.59 Å². The minimum absolute atomic E-state index is 0.154. The van der Waals surface area contributed by atoms with Crippen molar-refractivity contribution in [2.75, 3.05) is 31.0 Å². The Labute approximate surface area is 246 Å². The number of halogens is 1. The molecule has 0 aliphatic carbocycles. The highest BCUT2D eigenvalue weighted by Gasteiger charge is 2.66. The van der Waals surface area contributed by atoms with Gasteiger partial charge in [0.25, 0.3) is 11.8 Å². The number of hydrogen-bond donors (Lipinski definition) is 2. The van der Waals surface area contributed by atoms with Gasteiger partial charge in [0.05, 0.1) is 32.6 Å². The van der Waals surface area contributed by atoms with Gasteiger partial charge in [-0.25, -0.2) is 0 Å². The van der Waals surface area contributed by atoms with Gasteiger partial charge in [-0.2, -0.15) is 0 Å². The molecule has 0 saturated carbocycles. The number of benzene rings is 3. The van der Waals surface area contributed by atoms with E-state index in [1.807, 2.05) is 31.2 Å². The standard InChI is InChI=1S/C32H37FN2O6Si/c1-20-29(42(4,5)33)28(16-17-36)41-32(20)26-18-25(40-3)14-15-27(26)35(31(32)38)19-21-6-10-23(11-7-21)34-30(37)22-8-12-24(39-2)13-9-22/h6-15,18,20,28-29,36H,16-17,19H2,1-5H3,(H,34,37)/t20-,28+,29-,32+/m0/s1. The fourth-order valence-corrected chi connectivity index (χ4v) is 9.07. The Balaban J connectivity index is 1.42. The van der Waals surface area contributed by atoms with Crippen molar-refractivity contribution in [3.63, 3.8) is 0 Å². The van der Waals surface area contributed by atoms with Crippen LogP contribution in [0.15, 0.2) is 66.7 Å². The Morgan fingerprint density at radius 2 is 1.69 bits per heavy atom. The van der Waals surface area contributed by atoms with Crippen LogP contribution in [0.25, 0.3) is 0 Å². The second kappa shape index (κ2) is 11.5. The molecule has 1 spiro atoms. The lowest BCUT2D eigenvalue weighted by Gasteiger charge is -2.31. The molecule has 222 valence electrons. The largest absolute Gasteiger partial charge is 0.497 e. The fourth-order valence-electron chi connectivity index (χ4n) is 6.53. The van der Waals surface area contributed by atoms with Gasteiger partial charge < -0.3 is 33.6 Å². The van der Waals surface area contributed by atoms with E-state index in [1.54, 1.807) is 74.7 Å². The van der Waals surface area contributed by atoms with Crippen molar-refractivity contribution in [1.29, 1.82) is 0 Å². The van der Waals surface area contributed by atoms with E-state index in [9.17, 15) is 14.7 Å². The summed E-state index contributed by atoms with van der Waals surface area (Å²) in [5.74, 6) is 0.304. The molecule has 42 heavy (non-hydrogen) atoms. The lowest BCUT2D eigenvalue weighted by molar-refractivity contribution is -0.146. The SMILES string of the molecule is COc1ccc(C(=O)Nc2ccc(CN3C(=O)[C@]4(O[C@H](CCO)[C@@H]([Si](C)(C)F)[C@@H]4C)c4cc(OC)ccc43)cc2)cc1. The highest BCUT2D eigenvalue weighted by molar-refractivity contribution is 6.72. The number of carbonyl (C=O) groups is 2. The minimum atomic E-state index is -3.28. The zero-order valence-corrected chi connectivity index (χ0v) is 25.5. The summed E-state index contributed by atoms with van der Waals surface area (Å²) in [6, 6.07) is 19.6. The molecule has 3 aromatic carbocycles. The third kappa shape index (κ3) is 5.19. The molecule has 2 heterocycles. The van der Waals surface area contributed by atoms with E-state index in [0.29, 0.717) is 34.0 Å². The summed E-state index contributed by atoms with van der Waals surface area (Å²) in [5.41, 5.74) is 1.46. The van der Waals surface area contributed by atoms with E-state index < -0.39 is 31.6 Å². The summed E-state index contributed by atoms with van der Waals surface area (Å²) < 4.78 is 32.9. The third-order valence-electron chi connectivity index (χ3n) is 8.49. The molecule has 2 N–H and O–H groups in total. The minimum Gasteiger partial charge on any atom is -0.497 e. The van der Waals surface area contributed by atoms with Crippen LogP contribution in [-0.2, 0) is 21.7 Å². The average Bonchev–Trinajstić information content (AvgIpc) is 3.40. The van der Waals surface area contributed by atoms with E-state index in [1.165, 1.54) is 0 Å². The van der Waals surface area contributed by atoms with Crippen LogP contribution in [0.5, 0.6) is 11.5 Å². The Bertz CT molecular complexity index is 1460. The van der Waals surface area contributed by atoms with Gasteiger partial charge >= 0.3 is 0 Å². The zero-order chi connectivity index (χ0) is 30.2.